The highest BCUT2D eigenvalue weighted by molar-refractivity contribution is 6.34. The molecular weight excluding hydrogens is 292 g/mol. The van der Waals surface area contributed by atoms with Gasteiger partial charge in [-0.15, -0.1) is 0 Å². The fourth-order valence-electron chi connectivity index (χ4n) is 1.73. The van der Waals surface area contributed by atoms with Crippen LogP contribution in [0.5, 0.6) is 0 Å². The predicted molar refractivity (Wildman–Crippen MR) is 83.8 cm³/mol. The lowest BCUT2D eigenvalue weighted by molar-refractivity contribution is -0.126. The van der Waals surface area contributed by atoms with E-state index in [9.17, 15) is 9.59 Å². The molecule has 1 aromatic rings. The molecule has 0 spiro atoms. The van der Waals surface area contributed by atoms with Gasteiger partial charge in [-0.1, -0.05) is 11.6 Å². The lowest BCUT2D eigenvalue weighted by Gasteiger charge is -2.22. The molecule has 6 heteroatoms. The summed E-state index contributed by atoms with van der Waals surface area (Å²) in [6.07, 6.45) is 0. The zero-order valence-corrected chi connectivity index (χ0v) is 13.7. The number of hydrogen-bond donors (Lipinski definition) is 1. The molecule has 1 aromatic carbocycles. The lowest BCUT2D eigenvalue weighted by Crippen LogP contribution is -2.34. The Morgan fingerprint density at radius 3 is 2.43 bits per heavy atom. The van der Waals surface area contributed by atoms with Gasteiger partial charge in [0.1, 0.15) is 0 Å². The van der Waals surface area contributed by atoms with Crippen LogP contribution in [-0.4, -0.2) is 44.5 Å². The summed E-state index contributed by atoms with van der Waals surface area (Å²) in [5.41, 5.74) is 0.291. The Morgan fingerprint density at radius 1 is 1.33 bits per heavy atom. The van der Waals surface area contributed by atoms with Crippen LogP contribution < -0.4 is 5.32 Å². The van der Waals surface area contributed by atoms with Crippen molar-refractivity contribution < 1.29 is 14.3 Å². The zero-order chi connectivity index (χ0) is 16.2. The Morgan fingerprint density at radius 2 is 1.95 bits per heavy atom. The maximum atomic E-state index is 12.2. The van der Waals surface area contributed by atoms with Crippen molar-refractivity contribution in [2.24, 2.45) is 5.41 Å². The topological polar surface area (TPSA) is 58.6 Å². The van der Waals surface area contributed by atoms with Crippen LogP contribution in [-0.2, 0) is 9.53 Å². The van der Waals surface area contributed by atoms with Crippen LogP contribution in [0, 0.1) is 5.41 Å². The molecule has 0 radical (unpaired) electrons. The molecule has 5 nitrogen and oxygen atoms in total. The number of rotatable bonds is 5. The van der Waals surface area contributed by atoms with Gasteiger partial charge in [0, 0.05) is 26.9 Å². The van der Waals surface area contributed by atoms with Crippen LogP contribution in [0.1, 0.15) is 24.2 Å². The number of nitrogens with one attached hydrogen (secondary N) is 1. The van der Waals surface area contributed by atoms with E-state index in [1.807, 2.05) is 0 Å². The first-order valence-electron chi connectivity index (χ1n) is 6.50. The zero-order valence-electron chi connectivity index (χ0n) is 13.0. The van der Waals surface area contributed by atoms with E-state index in [1.165, 1.54) is 4.90 Å². The Kier molecular flexibility index (Phi) is 5.75. The second kappa shape index (κ2) is 6.91. The van der Waals surface area contributed by atoms with Gasteiger partial charge >= 0.3 is 0 Å². The van der Waals surface area contributed by atoms with E-state index in [0.29, 0.717) is 22.9 Å². The highest BCUT2D eigenvalue weighted by Gasteiger charge is 2.27. The summed E-state index contributed by atoms with van der Waals surface area (Å²) in [7, 11) is 4.86. The van der Waals surface area contributed by atoms with Gasteiger partial charge in [-0.25, -0.2) is 0 Å². The number of carbonyl (C=O) groups excluding carboxylic acids is 2. The van der Waals surface area contributed by atoms with Gasteiger partial charge in [0.25, 0.3) is 5.91 Å². The van der Waals surface area contributed by atoms with Crippen molar-refractivity contribution >= 4 is 29.1 Å². The second-order valence-corrected chi connectivity index (χ2v) is 6.07. The van der Waals surface area contributed by atoms with Crippen LogP contribution in [0.25, 0.3) is 0 Å². The molecule has 1 N–H and O–H groups in total. The monoisotopic (exact) mass is 312 g/mol. The molecule has 116 valence electrons. The first-order valence-corrected chi connectivity index (χ1v) is 6.88. The standard InChI is InChI=1S/C15H21ClN2O3/c1-15(2,9-21-5)14(20)17-10-6-7-11(12(16)8-10)13(19)18(3)4/h6-8H,9H2,1-5H3,(H,17,20). The summed E-state index contributed by atoms with van der Waals surface area (Å²) in [5.74, 6) is -0.357. The van der Waals surface area contributed by atoms with E-state index < -0.39 is 5.41 Å². The van der Waals surface area contributed by atoms with Crippen LogP contribution in [0.3, 0.4) is 0 Å². The largest absolute Gasteiger partial charge is 0.384 e. The first kappa shape index (κ1) is 17.5. The predicted octanol–water partition coefficient (Wildman–Crippen LogP) is 2.65. The molecule has 0 saturated heterocycles. The SMILES string of the molecule is COCC(C)(C)C(=O)Nc1ccc(C(=O)N(C)C)c(Cl)c1. The molecule has 0 atom stereocenters. The molecule has 0 aliphatic rings. The fraction of sp³-hybridized carbons (Fsp3) is 0.467. The lowest BCUT2D eigenvalue weighted by atomic mass is 9.93. The summed E-state index contributed by atoms with van der Waals surface area (Å²) in [5, 5.41) is 3.08. The van der Waals surface area contributed by atoms with E-state index in [1.54, 1.807) is 53.3 Å². The number of ether oxygens (including phenoxy) is 1. The third-order valence-corrected chi connectivity index (χ3v) is 3.30. The molecule has 0 aliphatic carbocycles. The third-order valence-electron chi connectivity index (χ3n) is 2.98. The molecular formula is C15H21ClN2O3. The van der Waals surface area contributed by atoms with E-state index in [0.717, 1.165) is 0 Å². The molecule has 0 saturated carbocycles. The minimum Gasteiger partial charge on any atom is -0.384 e. The average molecular weight is 313 g/mol. The van der Waals surface area contributed by atoms with Crippen LogP contribution in [0.2, 0.25) is 5.02 Å². The molecule has 21 heavy (non-hydrogen) atoms. The number of methoxy groups -OCH3 is 1. The van der Waals surface area contributed by atoms with E-state index in [2.05, 4.69) is 5.32 Å². The Bertz CT molecular complexity index is 542. The van der Waals surface area contributed by atoms with E-state index in [-0.39, 0.29) is 11.8 Å². The van der Waals surface area contributed by atoms with Crippen molar-refractivity contribution in [3.05, 3.63) is 28.8 Å². The van der Waals surface area contributed by atoms with Gasteiger partial charge in [0.05, 0.1) is 22.6 Å². The summed E-state index contributed by atoms with van der Waals surface area (Å²) in [4.78, 5) is 25.5. The summed E-state index contributed by atoms with van der Waals surface area (Å²) in [6, 6.07) is 4.83. The molecule has 0 heterocycles. The number of nitrogens with zero attached hydrogens (tertiary/aromatic N) is 1. The van der Waals surface area contributed by atoms with Crippen LogP contribution in [0.4, 0.5) is 5.69 Å². The Labute approximate surface area is 130 Å². The van der Waals surface area contributed by atoms with Crippen molar-refractivity contribution in [1.29, 1.82) is 0 Å². The first-order chi connectivity index (χ1) is 9.69. The highest BCUT2D eigenvalue weighted by atomic mass is 35.5. The van der Waals surface area contributed by atoms with Crippen molar-refractivity contribution in [2.75, 3.05) is 33.1 Å². The van der Waals surface area contributed by atoms with Gasteiger partial charge in [0.2, 0.25) is 5.91 Å². The maximum absolute atomic E-state index is 12.2. The minimum absolute atomic E-state index is 0.174. The number of carbonyl (C=O) groups is 2. The number of hydrogen-bond acceptors (Lipinski definition) is 3. The highest BCUT2D eigenvalue weighted by Crippen LogP contribution is 2.24. The summed E-state index contributed by atoms with van der Waals surface area (Å²) >= 11 is 6.10. The average Bonchev–Trinajstić information content (AvgIpc) is 2.37. The van der Waals surface area contributed by atoms with Gasteiger partial charge in [0.15, 0.2) is 0 Å². The number of anilines is 1. The van der Waals surface area contributed by atoms with E-state index in [4.69, 9.17) is 16.3 Å². The van der Waals surface area contributed by atoms with Gasteiger partial charge in [-0.05, 0) is 32.0 Å². The van der Waals surface area contributed by atoms with E-state index >= 15 is 0 Å². The van der Waals surface area contributed by atoms with Crippen molar-refractivity contribution in [3.63, 3.8) is 0 Å². The van der Waals surface area contributed by atoms with Gasteiger partial charge in [-0.2, -0.15) is 0 Å². The quantitative estimate of drug-likeness (QED) is 0.909. The maximum Gasteiger partial charge on any atom is 0.254 e. The van der Waals surface area contributed by atoms with Gasteiger partial charge < -0.3 is 15.0 Å². The second-order valence-electron chi connectivity index (χ2n) is 5.67. The van der Waals surface area contributed by atoms with Crippen molar-refractivity contribution in [1.82, 2.24) is 4.90 Å². The summed E-state index contributed by atoms with van der Waals surface area (Å²) < 4.78 is 5.03. The molecule has 0 fully saturated rings. The molecule has 1 rings (SSSR count). The number of halogens is 1. The van der Waals surface area contributed by atoms with Crippen LogP contribution >= 0.6 is 11.6 Å². The van der Waals surface area contributed by atoms with Gasteiger partial charge in [-0.3, -0.25) is 9.59 Å². The van der Waals surface area contributed by atoms with Crippen molar-refractivity contribution in [2.45, 2.75) is 13.8 Å². The minimum atomic E-state index is -0.653. The number of amides is 2. The molecule has 0 unspecified atom stereocenters. The normalized spacial score (nSPS) is 11.1. The molecule has 2 amide bonds. The smallest absolute Gasteiger partial charge is 0.254 e. The van der Waals surface area contributed by atoms with Crippen LogP contribution in [0.15, 0.2) is 18.2 Å². The molecule has 0 aromatic heterocycles. The third kappa shape index (κ3) is 4.44. The summed E-state index contributed by atoms with van der Waals surface area (Å²) in [6.45, 7) is 3.89. The van der Waals surface area contributed by atoms with Crippen molar-refractivity contribution in [3.8, 4) is 0 Å². The molecule has 0 aliphatic heterocycles. The number of benzene rings is 1. The Balaban J connectivity index is 2.90. The fourth-order valence-corrected chi connectivity index (χ4v) is 2.00. The Hall–Kier alpha value is -1.59. The molecule has 0 bridgehead atoms.